The summed E-state index contributed by atoms with van der Waals surface area (Å²) in [5.74, 6) is 2.87. The zero-order chi connectivity index (χ0) is 13.8. The van der Waals surface area contributed by atoms with Gasteiger partial charge in [-0.15, -0.1) is 0 Å². The molecule has 108 valence electrons. The van der Waals surface area contributed by atoms with Gasteiger partial charge in [0.1, 0.15) is 11.5 Å². The molecule has 0 aliphatic heterocycles. The third-order valence-corrected chi connectivity index (χ3v) is 4.45. The van der Waals surface area contributed by atoms with Crippen LogP contribution in [0.25, 0.3) is 0 Å². The van der Waals surface area contributed by atoms with Gasteiger partial charge >= 0.3 is 0 Å². The number of nitrogens with two attached hydrogens (primary N) is 1. The SMILES string of the molecule is CCC(N)C(c1ccc(C)o1)N(CC)CC1CCC1. The fourth-order valence-electron chi connectivity index (χ4n) is 2.94. The van der Waals surface area contributed by atoms with Gasteiger partial charge in [0.05, 0.1) is 6.04 Å². The summed E-state index contributed by atoms with van der Waals surface area (Å²) in [5, 5.41) is 0. The molecule has 2 N–H and O–H groups in total. The molecule has 2 unspecified atom stereocenters. The van der Waals surface area contributed by atoms with E-state index in [9.17, 15) is 0 Å². The zero-order valence-electron chi connectivity index (χ0n) is 12.6. The van der Waals surface area contributed by atoms with E-state index >= 15 is 0 Å². The molecule has 1 aromatic heterocycles. The van der Waals surface area contributed by atoms with Crippen LogP contribution in [0.1, 0.15) is 57.1 Å². The molecule has 1 aliphatic rings. The summed E-state index contributed by atoms with van der Waals surface area (Å²) in [6.45, 7) is 8.58. The first-order valence-electron chi connectivity index (χ1n) is 7.71. The molecule has 19 heavy (non-hydrogen) atoms. The van der Waals surface area contributed by atoms with Crippen LogP contribution < -0.4 is 5.73 Å². The van der Waals surface area contributed by atoms with Crippen LogP contribution in [0.3, 0.4) is 0 Å². The lowest BCUT2D eigenvalue weighted by atomic mass is 9.84. The van der Waals surface area contributed by atoms with Gasteiger partial charge in [0.15, 0.2) is 0 Å². The average Bonchev–Trinajstić information content (AvgIpc) is 2.77. The maximum atomic E-state index is 6.37. The lowest BCUT2D eigenvalue weighted by Gasteiger charge is -2.38. The van der Waals surface area contributed by atoms with Crippen molar-refractivity contribution in [2.75, 3.05) is 13.1 Å². The van der Waals surface area contributed by atoms with Gasteiger partial charge in [0.25, 0.3) is 0 Å². The molecule has 1 saturated carbocycles. The van der Waals surface area contributed by atoms with Crippen molar-refractivity contribution in [2.45, 2.75) is 58.5 Å². The zero-order valence-corrected chi connectivity index (χ0v) is 12.6. The van der Waals surface area contributed by atoms with Gasteiger partial charge in [0, 0.05) is 12.6 Å². The third-order valence-electron chi connectivity index (χ3n) is 4.45. The molecule has 0 radical (unpaired) electrons. The fraction of sp³-hybridized carbons (Fsp3) is 0.750. The molecule has 2 rings (SSSR count). The summed E-state index contributed by atoms with van der Waals surface area (Å²) < 4.78 is 5.86. The van der Waals surface area contributed by atoms with E-state index in [4.69, 9.17) is 10.2 Å². The van der Waals surface area contributed by atoms with Gasteiger partial charge in [-0.2, -0.15) is 0 Å². The van der Waals surface area contributed by atoms with Crippen molar-refractivity contribution in [1.29, 1.82) is 0 Å². The van der Waals surface area contributed by atoms with E-state index in [1.54, 1.807) is 0 Å². The molecule has 0 saturated heterocycles. The Kier molecular flexibility index (Phi) is 5.06. The molecule has 3 nitrogen and oxygen atoms in total. The minimum absolute atomic E-state index is 0.144. The van der Waals surface area contributed by atoms with Gasteiger partial charge in [-0.3, -0.25) is 4.90 Å². The van der Waals surface area contributed by atoms with E-state index < -0.39 is 0 Å². The molecule has 2 atom stereocenters. The van der Waals surface area contributed by atoms with Crippen molar-refractivity contribution in [1.82, 2.24) is 4.90 Å². The summed E-state index contributed by atoms with van der Waals surface area (Å²) >= 11 is 0. The summed E-state index contributed by atoms with van der Waals surface area (Å²) in [4.78, 5) is 2.51. The molecule has 1 heterocycles. The van der Waals surface area contributed by atoms with Crippen LogP contribution in [-0.2, 0) is 0 Å². The van der Waals surface area contributed by atoms with Crippen LogP contribution in [-0.4, -0.2) is 24.0 Å². The Bertz CT molecular complexity index is 384. The lowest BCUT2D eigenvalue weighted by Crippen LogP contribution is -2.43. The van der Waals surface area contributed by atoms with Crippen LogP contribution in [0.4, 0.5) is 0 Å². The first-order chi connectivity index (χ1) is 9.15. The van der Waals surface area contributed by atoms with Gasteiger partial charge in [0.2, 0.25) is 0 Å². The predicted octanol–water partition coefficient (Wildman–Crippen LogP) is 3.49. The first kappa shape index (κ1) is 14.6. The number of likely N-dealkylation sites (N-methyl/N-ethyl adjacent to an activating group) is 1. The van der Waals surface area contributed by atoms with E-state index in [1.807, 2.05) is 13.0 Å². The first-order valence-corrected chi connectivity index (χ1v) is 7.71. The van der Waals surface area contributed by atoms with Crippen molar-refractivity contribution in [2.24, 2.45) is 11.7 Å². The van der Waals surface area contributed by atoms with Crippen molar-refractivity contribution >= 4 is 0 Å². The van der Waals surface area contributed by atoms with Gasteiger partial charge < -0.3 is 10.2 Å². The minimum Gasteiger partial charge on any atom is -0.465 e. The minimum atomic E-state index is 0.144. The Labute approximate surface area is 117 Å². The molecular weight excluding hydrogens is 236 g/mol. The maximum absolute atomic E-state index is 6.37. The Balaban J connectivity index is 2.14. The molecule has 0 amide bonds. The van der Waals surface area contributed by atoms with Gasteiger partial charge in [-0.25, -0.2) is 0 Å². The average molecular weight is 264 g/mol. The summed E-state index contributed by atoms with van der Waals surface area (Å²) in [6, 6.07) is 4.51. The predicted molar refractivity (Wildman–Crippen MR) is 79.0 cm³/mol. The number of hydrogen-bond acceptors (Lipinski definition) is 3. The number of nitrogens with zero attached hydrogens (tertiary/aromatic N) is 1. The molecule has 3 heteroatoms. The monoisotopic (exact) mass is 264 g/mol. The second-order valence-corrected chi connectivity index (χ2v) is 5.85. The number of hydrogen-bond donors (Lipinski definition) is 1. The van der Waals surface area contributed by atoms with Crippen molar-refractivity contribution in [3.8, 4) is 0 Å². The second kappa shape index (κ2) is 6.58. The molecular formula is C16H28N2O. The van der Waals surface area contributed by atoms with E-state index in [1.165, 1.54) is 19.3 Å². The highest BCUT2D eigenvalue weighted by Gasteiger charge is 2.30. The Morgan fingerprint density at radius 2 is 2.11 bits per heavy atom. The van der Waals surface area contributed by atoms with E-state index in [0.29, 0.717) is 0 Å². The molecule has 0 bridgehead atoms. The normalized spacial score (nSPS) is 19.4. The second-order valence-electron chi connectivity index (χ2n) is 5.85. The van der Waals surface area contributed by atoms with Crippen molar-refractivity contribution in [3.63, 3.8) is 0 Å². The van der Waals surface area contributed by atoms with Crippen LogP contribution in [0.2, 0.25) is 0 Å². The van der Waals surface area contributed by atoms with Gasteiger partial charge in [-0.05, 0) is 50.8 Å². The number of furan rings is 1. The van der Waals surface area contributed by atoms with Crippen LogP contribution in [0, 0.1) is 12.8 Å². The summed E-state index contributed by atoms with van der Waals surface area (Å²) in [5.41, 5.74) is 6.37. The molecule has 0 aromatic carbocycles. The van der Waals surface area contributed by atoms with Gasteiger partial charge in [-0.1, -0.05) is 20.3 Å². The maximum Gasteiger partial charge on any atom is 0.122 e. The topological polar surface area (TPSA) is 42.4 Å². The summed E-state index contributed by atoms with van der Waals surface area (Å²) in [6.07, 6.45) is 5.13. The van der Waals surface area contributed by atoms with Crippen molar-refractivity contribution < 1.29 is 4.42 Å². The molecule has 0 spiro atoms. The highest BCUT2D eigenvalue weighted by atomic mass is 16.3. The van der Waals surface area contributed by atoms with Crippen LogP contribution in [0.15, 0.2) is 16.5 Å². The van der Waals surface area contributed by atoms with Crippen molar-refractivity contribution in [3.05, 3.63) is 23.7 Å². The standard InChI is InChI=1S/C16H28N2O/c1-4-14(17)16(15-10-9-12(3)19-15)18(5-2)11-13-7-6-8-13/h9-10,13-14,16H,4-8,11,17H2,1-3H3. The fourth-order valence-corrected chi connectivity index (χ4v) is 2.94. The highest BCUT2D eigenvalue weighted by molar-refractivity contribution is 5.12. The Morgan fingerprint density at radius 3 is 2.53 bits per heavy atom. The Hall–Kier alpha value is -0.800. The van der Waals surface area contributed by atoms with Crippen LogP contribution in [0.5, 0.6) is 0 Å². The van der Waals surface area contributed by atoms with E-state index in [0.717, 1.165) is 36.9 Å². The molecule has 1 aliphatic carbocycles. The van der Waals surface area contributed by atoms with Crippen LogP contribution >= 0.6 is 0 Å². The Morgan fingerprint density at radius 1 is 1.37 bits per heavy atom. The lowest BCUT2D eigenvalue weighted by molar-refractivity contribution is 0.107. The summed E-state index contributed by atoms with van der Waals surface area (Å²) in [7, 11) is 0. The number of aryl methyl sites for hydroxylation is 1. The third kappa shape index (κ3) is 3.40. The molecule has 1 aromatic rings. The largest absolute Gasteiger partial charge is 0.465 e. The molecule has 1 fully saturated rings. The van der Waals surface area contributed by atoms with E-state index in [2.05, 4.69) is 24.8 Å². The quantitative estimate of drug-likeness (QED) is 0.819. The number of rotatable bonds is 7. The highest BCUT2D eigenvalue weighted by Crippen LogP contribution is 2.32. The smallest absolute Gasteiger partial charge is 0.122 e. The van der Waals surface area contributed by atoms with E-state index in [-0.39, 0.29) is 12.1 Å².